The average Bonchev–Trinajstić information content (AvgIpc) is 2.72. The molecule has 0 atom stereocenters. The summed E-state index contributed by atoms with van der Waals surface area (Å²) in [5.41, 5.74) is 2.68. The molecule has 0 radical (unpaired) electrons. The minimum atomic E-state index is -0.101. The number of fused-ring (bicyclic) bond motifs is 1. The van der Waals surface area contributed by atoms with Gasteiger partial charge in [-0.25, -0.2) is 4.98 Å². The topological polar surface area (TPSA) is 70.1 Å². The molecule has 1 aliphatic rings. The number of ether oxygens (including phenoxy) is 4. The molecule has 0 aliphatic carbocycles. The zero-order chi connectivity index (χ0) is 19.2. The van der Waals surface area contributed by atoms with Crippen LogP contribution in [0, 0.1) is 0 Å². The van der Waals surface area contributed by atoms with Crippen molar-refractivity contribution in [3.05, 3.63) is 47.2 Å². The van der Waals surface area contributed by atoms with Crippen molar-refractivity contribution in [3.63, 3.8) is 0 Å². The summed E-state index contributed by atoms with van der Waals surface area (Å²) in [5.74, 6) is 1.60. The number of pyridine rings is 1. The van der Waals surface area contributed by atoms with E-state index < -0.39 is 0 Å². The highest BCUT2D eigenvalue weighted by molar-refractivity contribution is 5.96. The normalized spacial score (nSPS) is 13.1. The van der Waals surface area contributed by atoms with Crippen LogP contribution in [0.15, 0.2) is 30.5 Å². The first-order valence-corrected chi connectivity index (χ1v) is 8.77. The lowest BCUT2D eigenvalue weighted by molar-refractivity contribution is 0.0726. The van der Waals surface area contributed by atoms with Gasteiger partial charge >= 0.3 is 0 Å². The van der Waals surface area contributed by atoms with Crippen molar-refractivity contribution in [2.75, 3.05) is 41.1 Å². The Balaban J connectivity index is 1.80. The summed E-state index contributed by atoms with van der Waals surface area (Å²) in [6, 6.07) is 7.40. The number of hydrogen-bond acceptors (Lipinski definition) is 6. The van der Waals surface area contributed by atoms with Gasteiger partial charge in [0.1, 0.15) is 12.2 Å². The molecule has 1 aliphatic heterocycles. The fourth-order valence-electron chi connectivity index (χ4n) is 3.12. The van der Waals surface area contributed by atoms with Crippen molar-refractivity contribution < 1.29 is 23.7 Å². The molecule has 2 heterocycles. The van der Waals surface area contributed by atoms with Crippen LogP contribution in [-0.4, -0.2) is 56.9 Å². The maximum atomic E-state index is 13.1. The molecule has 1 aromatic carbocycles. The lowest BCUT2D eigenvalue weighted by Crippen LogP contribution is -2.36. The molecule has 0 N–H and O–H groups in total. The molecule has 0 unspecified atom stereocenters. The Morgan fingerprint density at radius 1 is 1.11 bits per heavy atom. The molecule has 0 bridgehead atoms. The van der Waals surface area contributed by atoms with E-state index in [1.165, 1.54) is 5.56 Å². The summed E-state index contributed by atoms with van der Waals surface area (Å²) in [6.45, 7) is 1.89. The summed E-state index contributed by atoms with van der Waals surface area (Å²) >= 11 is 0. The molecule has 1 amide bonds. The molecule has 144 valence electrons. The van der Waals surface area contributed by atoms with Crippen LogP contribution in [0.1, 0.15) is 21.5 Å². The number of nitrogens with zero attached hydrogens (tertiary/aromatic N) is 2. The Bertz CT molecular complexity index is 809. The fraction of sp³-hybridized carbons (Fsp3) is 0.400. The largest absolute Gasteiger partial charge is 0.493 e. The van der Waals surface area contributed by atoms with Crippen LogP contribution >= 0.6 is 0 Å². The van der Waals surface area contributed by atoms with Gasteiger partial charge in [-0.15, -0.1) is 0 Å². The third-order valence-electron chi connectivity index (χ3n) is 4.53. The zero-order valence-electron chi connectivity index (χ0n) is 15.9. The fourth-order valence-corrected chi connectivity index (χ4v) is 3.12. The lowest BCUT2D eigenvalue weighted by atomic mass is 9.98. The van der Waals surface area contributed by atoms with Crippen LogP contribution in [0.4, 0.5) is 0 Å². The molecule has 7 nitrogen and oxygen atoms in total. The van der Waals surface area contributed by atoms with Crippen molar-refractivity contribution in [1.82, 2.24) is 9.88 Å². The second kappa shape index (κ2) is 8.73. The van der Waals surface area contributed by atoms with Gasteiger partial charge in [0.2, 0.25) is 5.88 Å². The Hall–Kier alpha value is -2.80. The van der Waals surface area contributed by atoms with Gasteiger partial charge in [0.15, 0.2) is 11.5 Å². The van der Waals surface area contributed by atoms with Gasteiger partial charge in [0.05, 0.1) is 20.8 Å². The Labute approximate surface area is 158 Å². The SMILES string of the molecule is COCCOc1ncccc1C(=O)N1CCc2cc(OC)c(OC)cc2C1. The Kier molecular flexibility index (Phi) is 6.13. The molecule has 1 aromatic heterocycles. The molecular weight excluding hydrogens is 348 g/mol. The first-order chi connectivity index (χ1) is 13.2. The van der Waals surface area contributed by atoms with E-state index in [0.29, 0.717) is 49.2 Å². The van der Waals surface area contributed by atoms with Crippen molar-refractivity contribution in [2.24, 2.45) is 0 Å². The molecule has 0 saturated carbocycles. The van der Waals surface area contributed by atoms with E-state index >= 15 is 0 Å². The lowest BCUT2D eigenvalue weighted by Gasteiger charge is -2.30. The third kappa shape index (κ3) is 4.14. The predicted molar refractivity (Wildman–Crippen MR) is 99.6 cm³/mol. The van der Waals surface area contributed by atoms with Crippen LogP contribution in [0.25, 0.3) is 0 Å². The molecule has 0 saturated heterocycles. The number of aromatic nitrogens is 1. The maximum absolute atomic E-state index is 13.1. The number of benzene rings is 1. The molecule has 0 spiro atoms. The van der Waals surface area contributed by atoms with E-state index in [1.807, 2.05) is 12.1 Å². The van der Waals surface area contributed by atoms with Gasteiger partial charge in [-0.1, -0.05) is 0 Å². The van der Waals surface area contributed by atoms with Crippen LogP contribution in [0.2, 0.25) is 0 Å². The van der Waals surface area contributed by atoms with Gasteiger partial charge < -0.3 is 23.8 Å². The Morgan fingerprint density at radius 3 is 2.56 bits per heavy atom. The van der Waals surface area contributed by atoms with Crippen molar-refractivity contribution in [3.8, 4) is 17.4 Å². The van der Waals surface area contributed by atoms with Gasteiger partial charge in [0, 0.05) is 26.4 Å². The first-order valence-electron chi connectivity index (χ1n) is 8.77. The molecule has 2 aromatic rings. The van der Waals surface area contributed by atoms with E-state index in [-0.39, 0.29) is 5.91 Å². The quantitative estimate of drug-likeness (QED) is 0.695. The highest BCUT2D eigenvalue weighted by Crippen LogP contribution is 2.33. The van der Waals surface area contributed by atoms with Gasteiger partial charge in [-0.2, -0.15) is 0 Å². The highest BCUT2D eigenvalue weighted by Gasteiger charge is 2.26. The number of carbonyl (C=O) groups is 1. The van der Waals surface area contributed by atoms with Gasteiger partial charge in [-0.3, -0.25) is 4.79 Å². The number of carbonyl (C=O) groups excluding carboxylic acids is 1. The standard InChI is InChI=1S/C20H24N2O5/c1-24-9-10-27-19-16(5-4-7-21-19)20(23)22-8-6-14-11-17(25-2)18(26-3)12-15(14)13-22/h4-5,7,11-12H,6,8-10,13H2,1-3H3. The third-order valence-corrected chi connectivity index (χ3v) is 4.53. The summed E-state index contributed by atoms with van der Waals surface area (Å²) < 4.78 is 21.3. The van der Waals surface area contributed by atoms with E-state index in [2.05, 4.69) is 4.98 Å². The second-order valence-corrected chi connectivity index (χ2v) is 6.15. The maximum Gasteiger partial charge on any atom is 0.259 e. The van der Waals surface area contributed by atoms with Crippen molar-refractivity contribution in [2.45, 2.75) is 13.0 Å². The number of amides is 1. The number of rotatable bonds is 7. The predicted octanol–water partition coefficient (Wildman–Crippen LogP) is 2.32. The van der Waals surface area contributed by atoms with Crippen LogP contribution < -0.4 is 14.2 Å². The first kappa shape index (κ1) is 19.0. The summed E-state index contributed by atoms with van der Waals surface area (Å²) in [5, 5.41) is 0. The Morgan fingerprint density at radius 2 is 1.85 bits per heavy atom. The van der Waals surface area contributed by atoms with E-state index in [9.17, 15) is 4.79 Å². The minimum Gasteiger partial charge on any atom is -0.493 e. The minimum absolute atomic E-state index is 0.101. The summed E-state index contributed by atoms with van der Waals surface area (Å²) in [4.78, 5) is 19.1. The highest BCUT2D eigenvalue weighted by atomic mass is 16.5. The van der Waals surface area contributed by atoms with Crippen LogP contribution in [-0.2, 0) is 17.7 Å². The monoisotopic (exact) mass is 372 g/mol. The van der Waals surface area contributed by atoms with Gasteiger partial charge in [-0.05, 0) is 41.8 Å². The van der Waals surface area contributed by atoms with Crippen molar-refractivity contribution >= 4 is 5.91 Å². The molecule has 7 heteroatoms. The molecule has 0 fully saturated rings. The second-order valence-electron chi connectivity index (χ2n) is 6.15. The van der Waals surface area contributed by atoms with Crippen molar-refractivity contribution in [1.29, 1.82) is 0 Å². The van der Waals surface area contributed by atoms with Crippen LogP contribution in [0.3, 0.4) is 0 Å². The summed E-state index contributed by atoms with van der Waals surface area (Å²) in [7, 11) is 4.83. The van der Waals surface area contributed by atoms with Crippen LogP contribution in [0.5, 0.6) is 17.4 Å². The van der Waals surface area contributed by atoms with Gasteiger partial charge in [0.25, 0.3) is 5.91 Å². The van der Waals surface area contributed by atoms with E-state index in [0.717, 1.165) is 12.0 Å². The van der Waals surface area contributed by atoms with E-state index in [1.54, 1.807) is 44.6 Å². The average molecular weight is 372 g/mol. The molecule has 27 heavy (non-hydrogen) atoms. The van der Waals surface area contributed by atoms with E-state index in [4.69, 9.17) is 18.9 Å². The summed E-state index contributed by atoms with van der Waals surface area (Å²) in [6.07, 6.45) is 2.36. The molecular formula is C20H24N2O5. The number of hydrogen-bond donors (Lipinski definition) is 0. The molecule has 3 rings (SSSR count). The zero-order valence-corrected chi connectivity index (χ0v) is 15.9. The smallest absolute Gasteiger partial charge is 0.259 e. The number of methoxy groups -OCH3 is 3.